The minimum absolute atomic E-state index is 0.307. The van der Waals surface area contributed by atoms with E-state index in [4.69, 9.17) is 4.74 Å². The number of rotatable bonds is 8. The Balaban J connectivity index is 1.88. The van der Waals surface area contributed by atoms with E-state index in [1.54, 1.807) is 0 Å². The van der Waals surface area contributed by atoms with Gasteiger partial charge in [0.25, 0.3) is 0 Å². The van der Waals surface area contributed by atoms with Gasteiger partial charge in [-0.15, -0.1) is 0 Å². The van der Waals surface area contributed by atoms with Crippen LogP contribution < -0.4 is 4.74 Å². The fourth-order valence-electron chi connectivity index (χ4n) is 2.54. The van der Waals surface area contributed by atoms with Crippen LogP contribution in [-0.4, -0.2) is 35.3 Å². The summed E-state index contributed by atoms with van der Waals surface area (Å²) in [6.45, 7) is 8.15. The molecule has 3 heteroatoms. The molecule has 0 aliphatic heterocycles. The second kappa shape index (κ2) is 8.70. The Morgan fingerprint density at radius 3 is 2.43 bits per heavy atom. The van der Waals surface area contributed by atoms with Gasteiger partial charge in [-0.2, -0.15) is 0 Å². The average Bonchev–Trinajstić information content (AvgIpc) is 2.53. The molecule has 0 aliphatic rings. The van der Waals surface area contributed by atoms with Crippen LogP contribution in [0.3, 0.4) is 0 Å². The van der Waals surface area contributed by atoms with Gasteiger partial charge in [0.15, 0.2) is 0 Å². The summed E-state index contributed by atoms with van der Waals surface area (Å²) in [4.78, 5) is 2.27. The molecule has 0 radical (unpaired) electrons. The van der Waals surface area contributed by atoms with E-state index in [0.29, 0.717) is 19.2 Å². The molecule has 0 saturated heterocycles. The molecule has 0 amide bonds. The van der Waals surface area contributed by atoms with Crippen molar-refractivity contribution >= 4 is 0 Å². The molecule has 0 fully saturated rings. The third-order valence-electron chi connectivity index (χ3n) is 3.83. The molecule has 2 rings (SSSR count). The van der Waals surface area contributed by atoms with E-state index < -0.39 is 6.10 Å². The predicted molar refractivity (Wildman–Crippen MR) is 94.7 cm³/mol. The largest absolute Gasteiger partial charge is 0.491 e. The maximum absolute atomic E-state index is 10.3. The Bertz CT molecular complexity index is 583. The summed E-state index contributed by atoms with van der Waals surface area (Å²) in [7, 11) is 0. The van der Waals surface area contributed by atoms with Gasteiger partial charge in [0, 0.05) is 19.1 Å². The quantitative estimate of drug-likeness (QED) is 0.807. The lowest BCUT2D eigenvalue weighted by Gasteiger charge is -2.29. The molecule has 1 unspecified atom stereocenters. The summed E-state index contributed by atoms with van der Waals surface area (Å²) in [6.07, 6.45) is -0.512. The summed E-state index contributed by atoms with van der Waals surface area (Å²) in [5, 5.41) is 10.3. The van der Waals surface area contributed by atoms with Gasteiger partial charge in [-0.05, 0) is 38.5 Å². The molecule has 0 saturated carbocycles. The standard InChI is InChI=1S/C20H27NO2/c1-16(2)21(13-18-9-7-8-17(3)12-18)14-19(22)15-23-20-10-5-4-6-11-20/h4-12,16,19,22H,13-15H2,1-3H3. The Labute approximate surface area is 139 Å². The van der Waals surface area contributed by atoms with Crippen LogP contribution in [0.15, 0.2) is 54.6 Å². The minimum Gasteiger partial charge on any atom is -0.491 e. The number of hydrogen-bond donors (Lipinski definition) is 1. The van der Waals surface area contributed by atoms with Gasteiger partial charge in [-0.25, -0.2) is 0 Å². The van der Waals surface area contributed by atoms with Crippen molar-refractivity contribution in [1.82, 2.24) is 4.90 Å². The lowest BCUT2D eigenvalue weighted by Crippen LogP contribution is -2.39. The first-order chi connectivity index (χ1) is 11.0. The SMILES string of the molecule is Cc1cccc(CN(CC(O)COc2ccccc2)C(C)C)c1. The number of ether oxygens (including phenoxy) is 1. The molecule has 1 N–H and O–H groups in total. The van der Waals surface area contributed by atoms with E-state index in [2.05, 4.69) is 49.9 Å². The molecule has 3 nitrogen and oxygen atoms in total. The fourth-order valence-corrected chi connectivity index (χ4v) is 2.54. The summed E-state index contributed by atoms with van der Waals surface area (Å²) < 4.78 is 5.64. The topological polar surface area (TPSA) is 32.7 Å². The van der Waals surface area contributed by atoms with Crippen molar-refractivity contribution in [2.45, 2.75) is 39.5 Å². The number of aliphatic hydroxyl groups is 1. The first kappa shape index (κ1) is 17.5. The van der Waals surface area contributed by atoms with Gasteiger partial charge in [-0.3, -0.25) is 4.90 Å². The molecule has 23 heavy (non-hydrogen) atoms. The zero-order valence-corrected chi connectivity index (χ0v) is 14.3. The smallest absolute Gasteiger partial charge is 0.119 e. The number of para-hydroxylation sites is 1. The Morgan fingerprint density at radius 1 is 1.04 bits per heavy atom. The van der Waals surface area contributed by atoms with Crippen molar-refractivity contribution in [3.05, 3.63) is 65.7 Å². The highest BCUT2D eigenvalue weighted by molar-refractivity contribution is 5.22. The zero-order chi connectivity index (χ0) is 16.7. The van der Waals surface area contributed by atoms with Crippen LogP contribution in [0.4, 0.5) is 0 Å². The second-order valence-corrected chi connectivity index (χ2v) is 6.29. The Kier molecular flexibility index (Phi) is 6.63. The van der Waals surface area contributed by atoms with Crippen molar-refractivity contribution in [1.29, 1.82) is 0 Å². The maximum atomic E-state index is 10.3. The number of benzene rings is 2. The number of aryl methyl sites for hydroxylation is 1. The maximum Gasteiger partial charge on any atom is 0.119 e. The molecule has 0 spiro atoms. The Morgan fingerprint density at radius 2 is 1.78 bits per heavy atom. The lowest BCUT2D eigenvalue weighted by atomic mass is 10.1. The third kappa shape index (κ3) is 6.05. The van der Waals surface area contributed by atoms with Crippen LogP contribution in [-0.2, 0) is 6.54 Å². The van der Waals surface area contributed by atoms with Crippen LogP contribution in [0, 0.1) is 6.92 Å². The van der Waals surface area contributed by atoms with Crippen LogP contribution in [0.5, 0.6) is 5.75 Å². The number of hydrogen-bond acceptors (Lipinski definition) is 3. The van der Waals surface area contributed by atoms with Crippen molar-refractivity contribution in [3.63, 3.8) is 0 Å². The summed E-state index contributed by atoms with van der Waals surface area (Å²) in [5.41, 5.74) is 2.54. The molecular formula is C20H27NO2. The number of nitrogens with zero attached hydrogens (tertiary/aromatic N) is 1. The average molecular weight is 313 g/mol. The van der Waals surface area contributed by atoms with E-state index in [1.165, 1.54) is 11.1 Å². The summed E-state index contributed by atoms with van der Waals surface area (Å²) in [6, 6.07) is 18.5. The fraction of sp³-hybridized carbons (Fsp3) is 0.400. The molecule has 0 aromatic heterocycles. The van der Waals surface area contributed by atoms with Crippen LogP contribution >= 0.6 is 0 Å². The molecule has 2 aromatic rings. The molecular weight excluding hydrogens is 286 g/mol. The summed E-state index contributed by atoms with van der Waals surface area (Å²) in [5.74, 6) is 0.793. The van der Waals surface area contributed by atoms with Gasteiger partial charge >= 0.3 is 0 Å². The number of aliphatic hydroxyl groups excluding tert-OH is 1. The zero-order valence-electron chi connectivity index (χ0n) is 14.3. The first-order valence-electron chi connectivity index (χ1n) is 8.20. The van der Waals surface area contributed by atoms with Crippen molar-refractivity contribution in [2.75, 3.05) is 13.2 Å². The Hall–Kier alpha value is -1.84. The van der Waals surface area contributed by atoms with E-state index in [-0.39, 0.29) is 0 Å². The van der Waals surface area contributed by atoms with E-state index >= 15 is 0 Å². The minimum atomic E-state index is -0.512. The normalized spacial score (nSPS) is 12.6. The summed E-state index contributed by atoms with van der Waals surface area (Å²) >= 11 is 0. The molecule has 1 atom stereocenters. The molecule has 2 aromatic carbocycles. The van der Waals surface area contributed by atoms with Crippen molar-refractivity contribution in [3.8, 4) is 5.75 Å². The highest BCUT2D eigenvalue weighted by Crippen LogP contribution is 2.12. The van der Waals surface area contributed by atoms with Gasteiger partial charge < -0.3 is 9.84 Å². The van der Waals surface area contributed by atoms with Crippen molar-refractivity contribution < 1.29 is 9.84 Å². The van der Waals surface area contributed by atoms with Gasteiger partial charge in [0.05, 0.1) is 0 Å². The van der Waals surface area contributed by atoms with Crippen LogP contribution in [0.25, 0.3) is 0 Å². The predicted octanol–water partition coefficient (Wildman–Crippen LogP) is 3.65. The molecule has 0 bridgehead atoms. The monoisotopic (exact) mass is 313 g/mol. The van der Waals surface area contributed by atoms with E-state index in [1.807, 2.05) is 30.3 Å². The third-order valence-corrected chi connectivity index (χ3v) is 3.83. The highest BCUT2D eigenvalue weighted by atomic mass is 16.5. The first-order valence-corrected chi connectivity index (χ1v) is 8.20. The van der Waals surface area contributed by atoms with Gasteiger partial charge in [0.1, 0.15) is 18.5 Å². The lowest BCUT2D eigenvalue weighted by molar-refractivity contribution is 0.0543. The second-order valence-electron chi connectivity index (χ2n) is 6.29. The van der Waals surface area contributed by atoms with Crippen LogP contribution in [0.2, 0.25) is 0 Å². The van der Waals surface area contributed by atoms with Crippen LogP contribution in [0.1, 0.15) is 25.0 Å². The molecule has 0 heterocycles. The van der Waals surface area contributed by atoms with Crippen molar-refractivity contribution in [2.24, 2.45) is 0 Å². The van der Waals surface area contributed by atoms with E-state index in [0.717, 1.165) is 12.3 Å². The molecule has 0 aliphatic carbocycles. The molecule has 124 valence electrons. The highest BCUT2D eigenvalue weighted by Gasteiger charge is 2.16. The van der Waals surface area contributed by atoms with E-state index in [9.17, 15) is 5.11 Å². The van der Waals surface area contributed by atoms with Gasteiger partial charge in [0.2, 0.25) is 0 Å². The van der Waals surface area contributed by atoms with Gasteiger partial charge in [-0.1, -0.05) is 48.0 Å².